The Morgan fingerprint density at radius 3 is 2.44 bits per heavy atom. The van der Waals surface area contributed by atoms with Gasteiger partial charge < -0.3 is 14.8 Å². The van der Waals surface area contributed by atoms with Gasteiger partial charge in [0.15, 0.2) is 17.3 Å². The molecule has 2 aliphatic rings. The largest absolute Gasteiger partial charge is 0.486 e. The average molecular weight is 374 g/mol. The number of Topliss-reactive ketones (excluding diaryl/α,β-unsaturated/α-hetero) is 1. The summed E-state index contributed by atoms with van der Waals surface area (Å²) in [6.07, 6.45) is 3.47. The molecule has 0 bridgehead atoms. The summed E-state index contributed by atoms with van der Waals surface area (Å²) in [6.45, 7) is 7.20. The fraction of sp³-hybridized carbons (Fsp3) is 0.619. The second kappa shape index (κ2) is 9.22. The zero-order valence-electron chi connectivity index (χ0n) is 16.3. The van der Waals surface area contributed by atoms with Crippen LogP contribution in [0.4, 0.5) is 0 Å². The van der Waals surface area contributed by atoms with Crippen molar-refractivity contribution in [2.45, 2.75) is 45.6 Å². The smallest absolute Gasteiger partial charge is 0.234 e. The molecule has 1 N–H and O–H groups in total. The molecule has 0 saturated carbocycles. The van der Waals surface area contributed by atoms with Crippen LogP contribution in [0.25, 0.3) is 0 Å². The Kier molecular flexibility index (Phi) is 6.72. The van der Waals surface area contributed by atoms with Crippen molar-refractivity contribution >= 4 is 11.7 Å². The Labute approximate surface area is 161 Å². The maximum Gasteiger partial charge on any atom is 0.234 e. The highest BCUT2D eigenvalue weighted by Crippen LogP contribution is 2.32. The number of ether oxygens (including phenoxy) is 2. The van der Waals surface area contributed by atoms with Crippen molar-refractivity contribution in [1.29, 1.82) is 0 Å². The maximum absolute atomic E-state index is 12.8. The number of nitrogens with zero attached hydrogens (tertiary/aromatic N) is 1. The Bertz CT molecular complexity index is 664. The summed E-state index contributed by atoms with van der Waals surface area (Å²) in [6, 6.07) is 5.70. The molecule has 27 heavy (non-hydrogen) atoms. The van der Waals surface area contributed by atoms with Crippen LogP contribution in [0.1, 0.15) is 49.9 Å². The predicted octanol–water partition coefficient (Wildman–Crippen LogP) is 2.66. The highest BCUT2D eigenvalue weighted by molar-refractivity contribution is 5.98. The fourth-order valence-corrected chi connectivity index (χ4v) is 3.75. The molecular formula is C21H30N2O4. The first-order valence-corrected chi connectivity index (χ1v) is 10.1. The lowest BCUT2D eigenvalue weighted by molar-refractivity contribution is -0.123. The molecule has 1 aromatic carbocycles. The number of piperidine rings is 1. The molecule has 1 aromatic rings. The summed E-state index contributed by atoms with van der Waals surface area (Å²) in [7, 11) is 0. The van der Waals surface area contributed by atoms with Gasteiger partial charge in [-0.2, -0.15) is 0 Å². The lowest BCUT2D eigenvalue weighted by Gasteiger charge is -2.31. The normalized spacial score (nSPS) is 17.7. The molecule has 3 rings (SSSR count). The molecule has 0 spiro atoms. The van der Waals surface area contributed by atoms with Gasteiger partial charge in [0.05, 0.1) is 6.54 Å². The van der Waals surface area contributed by atoms with E-state index in [9.17, 15) is 9.59 Å². The van der Waals surface area contributed by atoms with Crippen molar-refractivity contribution in [2.75, 3.05) is 32.8 Å². The zero-order valence-corrected chi connectivity index (χ0v) is 16.3. The van der Waals surface area contributed by atoms with Crippen molar-refractivity contribution in [3.63, 3.8) is 0 Å². The molecule has 0 atom stereocenters. The summed E-state index contributed by atoms with van der Waals surface area (Å²) in [4.78, 5) is 27.2. The number of likely N-dealkylation sites (tertiary alicyclic amines) is 1. The Balaban J connectivity index is 1.50. The molecule has 2 aliphatic heterocycles. The minimum atomic E-state index is 0.00547. The van der Waals surface area contributed by atoms with E-state index in [0.29, 0.717) is 36.8 Å². The highest BCUT2D eigenvalue weighted by Gasteiger charge is 2.27. The molecule has 0 aliphatic carbocycles. The highest BCUT2D eigenvalue weighted by atomic mass is 16.6. The number of rotatable bonds is 7. The first kappa shape index (κ1) is 19.7. The Morgan fingerprint density at radius 1 is 1.11 bits per heavy atom. The number of ketones is 1. The van der Waals surface area contributed by atoms with Crippen LogP contribution in [0.2, 0.25) is 0 Å². The van der Waals surface area contributed by atoms with E-state index in [1.807, 2.05) is 12.1 Å². The molecule has 0 aromatic heterocycles. The number of amides is 1. The third-order valence-corrected chi connectivity index (χ3v) is 5.50. The van der Waals surface area contributed by atoms with Crippen LogP contribution < -0.4 is 14.8 Å². The van der Waals surface area contributed by atoms with Gasteiger partial charge in [-0.1, -0.05) is 13.8 Å². The van der Waals surface area contributed by atoms with Crippen molar-refractivity contribution in [2.24, 2.45) is 5.92 Å². The van der Waals surface area contributed by atoms with E-state index in [0.717, 1.165) is 38.8 Å². The van der Waals surface area contributed by atoms with Gasteiger partial charge in [-0.05, 0) is 57.0 Å². The molecule has 6 heteroatoms. The molecular weight excluding hydrogens is 344 g/mol. The summed E-state index contributed by atoms with van der Waals surface area (Å²) in [5, 5.41) is 3.08. The number of carbonyl (C=O) groups excluding carboxylic acids is 2. The third kappa shape index (κ3) is 5.01. The number of nitrogens with one attached hydrogen (secondary N) is 1. The number of benzene rings is 1. The maximum atomic E-state index is 12.8. The molecule has 6 nitrogen and oxygen atoms in total. The summed E-state index contributed by atoms with van der Waals surface area (Å²) >= 11 is 0. The lowest BCUT2D eigenvalue weighted by Crippen LogP contribution is -2.45. The SMILES string of the molecule is CCC(CC)NC(=O)CN1CCC(C(=O)c2ccc3c(c2)OCCO3)CC1. The van der Waals surface area contributed by atoms with Crippen molar-refractivity contribution < 1.29 is 19.1 Å². The van der Waals surface area contributed by atoms with Gasteiger partial charge in [0.2, 0.25) is 5.91 Å². The molecule has 148 valence electrons. The number of hydrogen-bond acceptors (Lipinski definition) is 5. The van der Waals surface area contributed by atoms with E-state index in [1.165, 1.54) is 0 Å². The van der Waals surface area contributed by atoms with Crippen LogP contribution in [0, 0.1) is 5.92 Å². The van der Waals surface area contributed by atoms with Crippen LogP contribution in [0.5, 0.6) is 11.5 Å². The lowest BCUT2D eigenvalue weighted by atomic mass is 9.88. The summed E-state index contributed by atoms with van der Waals surface area (Å²) < 4.78 is 11.1. The van der Waals surface area contributed by atoms with E-state index < -0.39 is 0 Å². The van der Waals surface area contributed by atoms with E-state index in [-0.39, 0.29) is 23.7 Å². The Hall–Kier alpha value is -2.08. The summed E-state index contributed by atoms with van der Waals surface area (Å²) in [5.41, 5.74) is 0.684. The third-order valence-electron chi connectivity index (χ3n) is 5.50. The molecule has 0 radical (unpaired) electrons. The second-order valence-corrected chi connectivity index (χ2v) is 7.35. The minimum absolute atomic E-state index is 0.00547. The van der Waals surface area contributed by atoms with Crippen molar-refractivity contribution in [3.8, 4) is 11.5 Å². The molecule has 0 unspecified atom stereocenters. The van der Waals surface area contributed by atoms with Crippen LogP contribution >= 0.6 is 0 Å². The first-order valence-electron chi connectivity index (χ1n) is 10.1. The van der Waals surface area contributed by atoms with Gasteiger partial charge in [-0.25, -0.2) is 0 Å². The van der Waals surface area contributed by atoms with Crippen LogP contribution in [-0.4, -0.2) is 55.5 Å². The van der Waals surface area contributed by atoms with Gasteiger partial charge in [-0.15, -0.1) is 0 Å². The average Bonchev–Trinajstić information content (AvgIpc) is 2.71. The van der Waals surface area contributed by atoms with Gasteiger partial charge >= 0.3 is 0 Å². The first-order chi connectivity index (χ1) is 13.1. The van der Waals surface area contributed by atoms with Crippen molar-refractivity contribution in [3.05, 3.63) is 23.8 Å². The number of hydrogen-bond donors (Lipinski definition) is 1. The van der Waals surface area contributed by atoms with Crippen LogP contribution in [-0.2, 0) is 4.79 Å². The monoisotopic (exact) mass is 374 g/mol. The topological polar surface area (TPSA) is 67.9 Å². The van der Waals surface area contributed by atoms with E-state index in [1.54, 1.807) is 6.07 Å². The van der Waals surface area contributed by atoms with E-state index >= 15 is 0 Å². The minimum Gasteiger partial charge on any atom is -0.486 e. The predicted molar refractivity (Wildman–Crippen MR) is 103 cm³/mol. The van der Waals surface area contributed by atoms with Gasteiger partial charge in [0.1, 0.15) is 13.2 Å². The van der Waals surface area contributed by atoms with Crippen LogP contribution in [0.15, 0.2) is 18.2 Å². The molecule has 2 heterocycles. The van der Waals surface area contributed by atoms with Gasteiger partial charge in [0.25, 0.3) is 0 Å². The second-order valence-electron chi connectivity index (χ2n) is 7.35. The number of fused-ring (bicyclic) bond motifs is 1. The summed E-state index contributed by atoms with van der Waals surface area (Å²) in [5.74, 6) is 1.61. The zero-order chi connectivity index (χ0) is 19.2. The quantitative estimate of drug-likeness (QED) is 0.743. The Morgan fingerprint density at radius 2 is 1.78 bits per heavy atom. The molecule has 1 fully saturated rings. The van der Waals surface area contributed by atoms with Gasteiger partial charge in [0, 0.05) is 17.5 Å². The standard InChI is InChI=1S/C21H30N2O4/c1-3-17(4-2)22-20(24)14-23-9-7-15(8-10-23)21(25)16-5-6-18-19(13-16)27-12-11-26-18/h5-6,13,15,17H,3-4,7-12,14H2,1-2H3,(H,22,24). The molecule has 1 saturated heterocycles. The number of carbonyl (C=O) groups is 2. The molecule has 1 amide bonds. The fourth-order valence-electron chi connectivity index (χ4n) is 3.75. The van der Waals surface area contributed by atoms with E-state index in [2.05, 4.69) is 24.1 Å². The van der Waals surface area contributed by atoms with E-state index in [4.69, 9.17) is 9.47 Å². The van der Waals surface area contributed by atoms with Gasteiger partial charge in [-0.3, -0.25) is 14.5 Å². The van der Waals surface area contributed by atoms with Crippen molar-refractivity contribution in [1.82, 2.24) is 10.2 Å². The van der Waals surface area contributed by atoms with Crippen LogP contribution in [0.3, 0.4) is 0 Å².